The van der Waals surface area contributed by atoms with Crippen LogP contribution in [0.25, 0.3) is 0 Å². The smallest absolute Gasteiger partial charge is 0.164 e. The van der Waals surface area contributed by atoms with E-state index >= 15 is 0 Å². The van der Waals surface area contributed by atoms with Gasteiger partial charge in [-0.05, 0) is 38.1 Å². The molecule has 1 aliphatic carbocycles. The minimum Gasteiger partial charge on any atom is -0.303 e. The Morgan fingerprint density at radius 1 is 1.20 bits per heavy atom. The fraction of sp³-hybridized carbons (Fsp3) is 0.611. The van der Waals surface area contributed by atoms with E-state index in [2.05, 4.69) is 25.8 Å². The van der Waals surface area contributed by atoms with Crippen molar-refractivity contribution in [1.29, 1.82) is 0 Å². The largest absolute Gasteiger partial charge is 0.303 e. The average molecular weight is 273 g/mol. The molecule has 2 heteroatoms. The number of ketones is 1. The zero-order chi connectivity index (χ0) is 14.6. The first kappa shape index (κ1) is 15.2. The van der Waals surface area contributed by atoms with Crippen LogP contribution in [0.2, 0.25) is 0 Å². The van der Waals surface area contributed by atoms with Crippen molar-refractivity contribution in [3.05, 3.63) is 35.9 Å². The van der Waals surface area contributed by atoms with Crippen LogP contribution < -0.4 is 0 Å². The molecule has 1 saturated carbocycles. The molecule has 20 heavy (non-hydrogen) atoms. The summed E-state index contributed by atoms with van der Waals surface area (Å²) >= 11 is 0. The maximum Gasteiger partial charge on any atom is 0.164 e. The molecule has 1 aromatic carbocycles. The van der Waals surface area contributed by atoms with Crippen LogP contribution >= 0.6 is 0 Å². The van der Waals surface area contributed by atoms with Gasteiger partial charge in [0, 0.05) is 24.6 Å². The Morgan fingerprint density at radius 2 is 1.80 bits per heavy atom. The van der Waals surface area contributed by atoms with Crippen LogP contribution in [0, 0.1) is 5.41 Å². The zero-order valence-electron chi connectivity index (χ0n) is 13.1. The lowest BCUT2D eigenvalue weighted by Gasteiger charge is -2.38. The van der Waals surface area contributed by atoms with Gasteiger partial charge in [-0.2, -0.15) is 0 Å². The minimum atomic E-state index is 0.258. The van der Waals surface area contributed by atoms with E-state index in [9.17, 15) is 4.79 Å². The summed E-state index contributed by atoms with van der Waals surface area (Å²) < 4.78 is 0. The molecule has 0 saturated heterocycles. The summed E-state index contributed by atoms with van der Waals surface area (Å²) in [5.74, 6) is 0.258. The standard InChI is InChI=1S/C18H27NO/c1-18(2)12-9-16(10-13-18)19(3)14-11-17(20)15-7-5-4-6-8-15/h4-8,16H,9-14H2,1-3H3. The molecule has 2 nitrogen and oxygen atoms in total. The second kappa shape index (κ2) is 6.53. The molecule has 1 fully saturated rings. The molecule has 0 N–H and O–H groups in total. The first-order valence-corrected chi connectivity index (χ1v) is 7.76. The summed E-state index contributed by atoms with van der Waals surface area (Å²) in [7, 11) is 2.17. The maximum atomic E-state index is 12.1. The lowest BCUT2D eigenvalue weighted by molar-refractivity contribution is 0.0925. The van der Waals surface area contributed by atoms with Gasteiger partial charge < -0.3 is 4.90 Å². The molecule has 0 aliphatic heterocycles. The van der Waals surface area contributed by atoms with Crippen LogP contribution in [-0.4, -0.2) is 30.3 Å². The lowest BCUT2D eigenvalue weighted by atomic mass is 9.75. The van der Waals surface area contributed by atoms with Crippen molar-refractivity contribution in [3.63, 3.8) is 0 Å². The summed E-state index contributed by atoms with van der Waals surface area (Å²) in [5.41, 5.74) is 1.35. The van der Waals surface area contributed by atoms with Crippen molar-refractivity contribution >= 4 is 5.78 Å². The third-order valence-electron chi connectivity index (χ3n) is 4.72. The Bertz CT molecular complexity index is 428. The Labute approximate surface area is 123 Å². The molecule has 2 rings (SSSR count). The van der Waals surface area contributed by atoms with Gasteiger partial charge in [0.15, 0.2) is 5.78 Å². The monoisotopic (exact) mass is 273 g/mol. The molecular formula is C18H27NO. The summed E-state index contributed by atoms with van der Waals surface area (Å²) in [4.78, 5) is 14.5. The molecule has 1 aromatic rings. The fourth-order valence-corrected chi connectivity index (χ4v) is 3.05. The molecule has 0 bridgehead atoms. The van der Waals surface area contributed by atoms with E-state index in [-0.39, 0.29) is 5.78 Å². The van der Waals surface area contributed by atoms with Gasteiger partial charge in [0.05, 0.1) is 0 Å². The molecule has 0 amide bonds. The van der Waals surface area contributed by atoms with E-state index in [1.54, 1.807) is 0 Å². The molecule has 0 radical (unpaired) electrons. The van der Waals surface area contributed by atoms with Crippen molar-refractivity contribution in [2.24, 2.45) is 5.41 Å². The number of benzene rings is 1. The SMILES string of the molecule is CN(CCC(=O)c1ccccc1)C1CCC(C)(C)CC1. The Morgan fingerprint density at radius 3 is 2.40 bits per heavy atom. The fourth-order valence-electron chi connectivity index (χ4n) is 3.05. The van der Waals surface area contributed by atoms with Gasteiger partial charge in [-0.3, -0.25) is 4.79 Å². The first-order chi connectivity index (χ1) is 9.48. The second-order valence-electron chi connectivity index (χ2n) is 6.92. The number of Topliss-reactive ketones (excluding diaryl/α,β-unsaturated/α-hetero) is 1. The number of hydrogen-bond donors (Lipinski definition) is 0. The van der Waals surface area contributed by atoms with E-state index in [1.807, 2.05) is 30.3 Å². The van der Waals surface area contributed by atoms with Crippen LogP contribution in [0.3, 0.4) is 0 Å². The lowest BCUT2D eigenvalue weighted by Crippen LogP contribution is -2.38. The number of hydrogen-bond acceptors (Lipinski definition) is 2. The van der Waals surface area contributed by atoms with Crippen molar-refractivity contribution in [2.45, 2.75) is 52.0 Å². The molecule has 0 atom stereocenters. The highest BCUT2D eigenvalue weighted by Crippen LogP contribution is 2.36. The third kappa shape index (κ3) is 4.17. The normalized spacial score (nSPS) is 19.2. The molecule has 110 valence electrons. The third-order valence-corrected chi connectivity index (χ3v) is 4.72. The van der Waals surface area contributed by atoms with Gasteiger partial charge in [0.2, 0.25) is 0 Å². The van der Waals surface area contributed by atoms with Gasteiger partial charge >= 0.3 is 0 Å². The molecule has 0 unspecified atom stereocenters. The van der Waals surface area contributed by atoms with Crippen molar-refractivity contribution < 1.29 is 4.79 Å². The van der Waals surface area contributed by atoms with Crippen LogP contribution in [0.4, 0.5) is 0 Å². The van der Waals surface area contributed by atoms with Gasteiger partial charge in [0.25, 0.3) is 0 Å². The summed E-state index contributed by atoms with van der Waals surface area (Å²) in [6, 6.07) is 10.3. The number of rotatable bonds is 5. The highest BCUT2D eigenvalue weighted by Gasteiger charge is 2.28. The topological polar surface area (TPSA) is 20.3 Å². The van der Waals surface area contributed by atoms with Crippen LogP contribution in [-0.2, 0) is 0 Å². The molecule has 0 heterocycles. The Hall–Kier alpha value is -1.15. The van der Waals surface area contributed by atoms with Crippen molar-refractivity contribution in [1.82, 2.24) is 4.90 Å². The first-order valence-electron chi connectivity index (χ1n) is 7.76. The van der Waals surface area contributed by atoms with E-state index in [4.69, 9.17) is 0 Å². The highest BCUT2D eigenvalue weighted by molar-refractivity contribution is 5.96. The van der Waals surface area contributed by atoms with Crippen LogP contribution in [0.5, 0.6) is 0 Å². The maximum absolute atomic E-state index is 12.1. The van der Waals surface area contributed by atoms with E-state index < -0.39 is 0 Å². The van der Waals surface area contributed by atoms with Crippen LogP contribution in [0.15, 0.2) is 30.3 Å². The minimum absolute atomic E-state index is 0.258. The van der Waals surface area contributed by atoms with Gasteiger partial charge in [-0.15, -0.1) is 0 Å². The second-order valence-corrected chi connectivity index (χ2v) is 6.92. The molecule has 0 spiro atoms. The Balaban J connectivity index is 1.78. The number of carbonyl (C=O) groups excluding carboxylic acids is 1. The summed E-state index contributed by atoms with van der Waals surface area (Å²) in [5, 5.41) is 0. The highest BCUT2D eigenvalue weighted by atomic mass is 16.1. The van der Waals surface area contributed by atoms with Crippen molar-refractivity contribution in [2.75, 3.05) is 13.6 Å². The average Bonchev–Trinajstić information content (AvgIpc) is 2.45. The predicted octanol–water partition coefficient (Wildman–Crippen LogP) is 4.16. The van der Waals surface area contributed by atoms with Gasteiger partial charge in [-0.25, -0.2) is 0 Å². The van der Waals surface area contributed by atoms with Crippen molar-refractivity contribution in [3.8, 4) is 0 Å². The molecular weight excluding hydrogens is 246 g/mol. The zero-order valence-corrected chi connectivity index (χ0v) is 13.1. The quantitative estimate of drug-likeness (QED) is 0.751. The number of carbonyl (C=O) groups is 1. The van der Waals surface area contributed by atoms with Gasteiger partial charge in [0.1, 0.15) is 0 Å². The predicted molar refractivity (Wildman–Crippen MR) is 84.1 cm³/mol. The molecule has 0 aromatic heterocycles. The molecule has 1 aliphatic rings. The van der Waals surface area contributed by atoms with E-state index in [0.717, 1.165) is 12.1 Å². The Kier molecular flexibility index (Phi) is 4.98. The summed E-state index contributed by atoms with van der Waals surface area (Å²) in [6.07, 6.45) is 5.76. The number of nitrogens with zero attached hydrogens (tertiary/aromatic N) is 1. The summed E-state index contributed by atoms with van der Waals surface area (Å²) in [6.45, 7) is 5.60. The van der Waals surface area contributed by atoms with Gasteiger partial charge in [-0.1, -0.05) is 44.2 Å². The van der Waals surface area contributed by atoms with E-state index in [0.29, 0.717) is 17.9 Å². The van der Waals surface area contributed by atoms with E-state index in [1.165, 1.54) is 25.7 Å². The van der Waals surface area contributed by atoms with Crippen LogP contribution in [0.1, 0.15) is 56.3 Å².